The highest BCUT2D eigenvalue weighted by Crippen LogP contribution is 2.30. The molecule has 8 heteroatoms. The van der Waals surface area contributed by atoms with Crippen molar-refractivity contribution in [1.29, 1.82) is 0 Å². The molecule has 2 aromatic carbocycles. The fourth-order valence-electron chi connectivity index (χ4n) is 2.24. The Hall–Kier alpha value is -3.55. The molecule has 3 rings (SSSR count). The maximum Gasteiger partial charge on any atom is 0.341 e. The Kier molecular flexibility index (Phi) is 5.33. The van der Waals surface area contributed by atoms with Crippen LogP contribution in [0.2, 0.25) is 0 Å². The lowest BCUT2D eigenvalue weighted by atomic mass is 10.2. The monoisotopic (exact) mass is 356 g/mol. The highest BCUT2D eigenvalue weighted by atomic mass is 16.6. The molecule has 0 fully saturated rings. The number of aliphatic carboxylic acids is 1. The first-order chi connectivity index (χ1) is 12.6. The van der Waals surface area contributed by atoms with Crippen LogP contribution in [-0.4, -0.2) is 42.5 Å². The summed E-state index contributed by atoms with van der Waals surface area (Å²) in [5, 5.41) is 12.6. The Labute approximate surface area is 149 Å². The number of hydrogen-bond donors (Lipinski definition) is 2. The standard InChI is InChI=1S/C18H16N2O6/c21-17(22)11-25-13-6-2-1-5-12(13)9-19-20-18(23)16-10-24-14-7-3-4-8-15(14)26-16/h1-9,16H,10-11H2,(H,20,23)(H,21,22)/b19-9+. The van der Waals surface area contributed by atoms with E-state index in [0.29, 0.717) is 22.8 Å². The number of hydrogen-bond acceptors (Lipinski definition) is 6. The zero-order valence-corrected chi connectivity index (χ0v) is 13.6. The molecule has 26 heavy (non-hydrogen) atoms. The molecule has 0 saturated heterocycles. The van der Waals surface area contributed by atoms with Crippen LogP contribution in [-0.2, 0) is 9.59 Å². The minimum absolute atomic E-state index is 0.0800. The first-order valence-corrected chi connectivity index (χ1v) is 7.78. The number of benzene rings is 2. The molecule has 1 aliphatic heterocycles. The van der Waals surface area contributed by atoms with Gasteiger partial charge in [-0.05, 0) is 24.3 Å². The number of hydrazone groups is 1. The van der Waals surface area contributed by atoms with Gasteiger partial charge in [-0.3, -0.25) is 4.79 Å². The van der Waals surface area contributed by atoms with E-state index in [2.05, 4.69) is 10.5 Å². The van der Waals surface area contributed by atoms with Gasteiger partial charge in [-0.2, -0.15) is 5.10 Å². The largest absolute Gasteiger partial charge is 0.485 e. The molecule has 1 aliphatic rings. The number of rotatable bonds is 6. The number of nitrogens with zero attached hydrogens (tertiary/aromatic N) is 1. The Morgan fingerprint density at radius 1 is 1.19 bits per heavy atom. The molecule has 134 valence electrons. The number of carboxylic acids is 1. The van der Waals surface area contributed by atoms with E-state index >= 15 is 0 Å². The second kappa shape index (κ2) is 8.02. The molecule has 0 radical (unpaired) electrons. The van der Waals surface area contributed by atoms with Crippen LogP contribution in [0.25, 0.3) is 0 Å². The summed E-state index contributed by atoms with van der Waals surface area (Å²) in [7, 11) is 0. The number of amides is 1. The lowest BCUT2D eigenvalue weighted by Crippen LogP contribution is -2.42. The number of carbonyl (C=O) groups excluding carboxylic acids is 1. The number of fused-ring (bicyclic) bond motifs is 1. The topological polar surface area (TPSA) is 106 Å². The molecule has 1 heterocycles. The molecule has 1 atom stereocenters. The molecule has 0 aliphatic carbocycles. The van der Waals surface area contributed by atoms with Gasteiger partial charge >= 0.3 is 5.97 Å². The van der Waals surface area contributed by atoms with E-state index in [1.165, 1.54) is 6.21 Å². The summed E-state index contributed by atoms with van der Waals surface area (Å²) in [5.74, 6) is -0.113. The number of nitrogens with one attached hydrogen (secondary N) is 1. The Balaban J connectivity index is 1.59. The lowest BCUT2D eigenvalue weighted by molar-refractivity contribution is -0.139. The molecular weight excluding hydrogens is 340 g/mol. The van der Waals surface area contributed by atoms with Crippen LogP contribution in [0.5, 0.6) is 17.2 Å². The Morgan fingerprint density at radius 3 is 2.73 bits per heavy atom. The van der Waals surface area contributed by atoms with Crippen molar-refractivity contribution < 1.29 is 28.9 Å². The van der Waals surface area contributed by atoms with Gasteiger partial charge in [0.15, 0.2) is 18.1 Å². The van der Waals surface area contributed by atoms with Crippen LogP contribution < -0.4 is 19.6 Å². The minimum Gasteiger partial charge on any atom is -0.485 e. The van der Waals surface area contributed by atoms with Gasteiger partial charge in [-0.15, -0.1) is 0 Å². The van der Waals surface area contributed by atoms with Crippen molar-refractivity contribution in [3.05, 3.63) is 54.1 Å². The fraction of sp³-hybridized carbons (Fsp3) is 0.167. The number of para-hydroxylation sites is 3. The Morgan fingerprint density at radius 2 is 1.92 bits per heavy atom. The van der Waals surface area contributed by atoms with Gasteiger partial charge in [-0.1, -0.05) is 24.3 Å². The van der Waals surface area contributed by atoms with E-state index in [0.717, 1.165) is 0 Å². The highest BCUT2D eigenvalue weighted by molar-refractivity contribution is 5.86. The van der Waals surface area contributed by atoms with Crippen molar-refractivity contribution in [2.24, 2.45) is 5.10 Å². The van der Waals surface area contributed by atoms with Crippen molar-refractivity contribution in [1.82, 2.24) is 5.43 Å². The molecule has 0 spiro atoms. The summed E-state index contributed by atoms with van der Waals surface area (Å²) >= 11 is 0. The minimum atomic E-state index is -1.08. The maximum absolute atomic E-state index is 12.2. The smallest absolute Gasteiger partial charge is 0.341 e. The maximum atomic E-state index is 12.2. The summed E-state index contributed by atoms with van der Waals surface area (Å²) < 4.78 is 16.2. The summed E-state index contributed by atoms with van der Waals surface area (Å²) in [6.07, 6.45) is 0.549. The lowest BCUT2D eigenvalue weighted by Gasteiger charge is -2.24. The third-order valence-corrected chi connectivity index (χ3v) is 3.45. The van der Waals surface area contributed by atoms with Crippen molar-refractivity contribution in [3.63, 3.8) is 0 Å². The van der Waals surface area contributed by atoms with Crippen LogP contribution in [0, 0.1) is 0 Å². The number of carboxylic acid groups (broad SMARTS) is 1. The van der Waals surface area contributed by atoms with Crippen LogP contribution in [0.3, 0.4) is 0 Å². The summed E-state index contributed by atoms with van der Waals surface area (Å²) in [5.41, 5.74) is 2.91. The normalized spacial score (nSPS) is 15.5. The van der Waals surface area contributed by atoms with Gasteiger partial charge in [0, 0.05) is 5.56 Å². The SMILES string of the molecule is O=C(O)COc1ccccc1/C=N/NC(=O)C1COc2ccccc2O1. The van der Waals surface area contributed by atoms with Gasteiger partial charge in [-0.25, -0.2) is 10.2 Å². The van der Waals surface area contributed by atoms with Crippen molar-refractivity contribution in [2.75, 3.05) is 13.2 Å². The van der Waals surface area contributed by atoms with E-state index in [1.807, 2.05) is 6.07 Å². The van der Waals surface area contributed by atoms with E-state index in [-0.39, 0.29) is 6.61 Å². The first-order valence-electron chi connectivity index (χ1n) is 7.78. The zero-order valence-electron chi connectivity index (χ0n) is 13.6. The average molecular weight is 356 g/mol. The second-order valence-electron chi connectivity index (χ2n) is 5.32. The highest BCUT2D eigenvalue weighted by Gasteiger charge is 2.26. The predicted molar refractivity (Wildman–Crippen MR) is 91.7 cm³/mol. The first kappa shape index (κ1) is 17.3. The molecule has 1 amide bonds. The summed E-state index contributed by atoms with van der Waals surface area (Å²) in [4.78, 5) is 22.8. The average Bonchev–Trinajstić information content (AvgIpc) is 2.66. The molecule has 8 nitrogen and oxygen atoms in total. The van der Waals surface area contributed by atoms with Gasteiger partial charge in [0.25, 0.3) is 5.91 Å². The van der Waals surface area contributed by atoms with Gasteiger partial charge in [0.05, 0.1) is 6.21 Å². The third-order valence-electron chi connectivity index (χ3n) is 3.45. The molecule has 2 N–H and O–H groups in total. The molecule has 2 aromatic rings. The third kappa shape index (κ3) is 4.29. The predicted octanol–water partition coefficient (Wildman–Crippen LogP) is 1.44. The van der Waals surface area contributed by atoms with E-state index in [1.54, 1.807) is 42.5 Å². The quantitative estimate of drug-likeness (QED) is 0.599. The molecule has 0 aromatic heterocycles. The summed E-state index contributed by atoms with van der Waals surface area (Å²) in [6.45, 7) is -0.388. The van der Waals surface area contributed by atoms with Gasteiger partial charge < -0.3 is 19.3 Å². The zero-order chi connectivity index (χ0) is 18.4. The van der Waals surface area contributed by atoms with Crippen LogP contribution in [0.4, 0.5) is 0 Å². The van der Waals surface area contributed by atoms with Crippen LogP contribution in [0.1, 0.15) is 5.56 Å². The van der Waals surface area contributed by atoms with Crippen LogP contribution >= 0.6 is 0 Å². The second-order valence-corrected chi connectivity index (χ2v) is 5.32. The number of carbonyl (C=O) groups is 2. The van der Waals surface area contributed by atoms with Gasteiger partial charge in [0.1, 0.15) is 12.4 Å². The van der Waals surface area contributed by atoms with E-state index in [4.69, 9.17) is 19.3 Å². The van der Waals surface area contributed by atoms with Crippen LogP contribution in [0.15, 0.2) is 53.6 Å². The van der Waals surface area contributed by atoms with Crippen molar-refractivity contribution >= 4 is 18.1 Å². The molecule has 0 bridgehead atoms. The summed E-state index contributed by atoms with van der Waals surface area (Å²) in [6, 6.07) is 13.8. The van der Waals surface area contributed by atoms with Crippen molar-refractivity contribution in [3.8, 4) is 17.2 Å². The molecular formula is C18H16N2O6. The van der Waals surface area contributed by atoms with Gasteiger partial charge in [0.2, 0.25) is 6.10 Å². The fourth-order valence-corrected chi connectivity index (χ4v) is 2.24. The Bertz CT molecular complexity index is 836. The molecule has 1 unspecified atom stereocenters. The molecule has 0 saturated carbocycles. The van der Waals surface area contributed by atoms with E-state index in [9.17, 15) is 9.59 Å². The van der Waals surface area contributed by atoms with Crippen molar-refractivity contribution in [2.45, 2.75) is 6.10 Å². The van der Waals surface area contributed by atoms with E-state index < -0.39 is 24.6 Å². The number of ether oxygens (including phenoxy) is 3.